The minimum Gasteiger partial charge on any atom is -0.308 e. The summed E-state index contributed by atoms with van der Waals surface area (Å²) in [7, 11) is 0. The lowest BCUT2D eigenvalue weighted by Gasteiger charge is -2.22. The number of nitrogens with zero attached hydrogens (tertiary/aromatic N) is 1. The normalized spacial score (nSPS) is 14.3. The van der Waals surface area contributed by atoms with E-state index < -0.39 is 0 Å². The van der Waals surface area contributed by atoms with Crippen LogP contribution in [0.3, 0.4) is 0 Å². The van der Waals surface area contributed by atoms with Gasteiger partial charge in [0.05, 0.1) is 16.6 Å². The number of rotatable bonds is 1. The zero-order valence-corrected chi connectivity index (χ0v) is 21.4. The fourth-order valence-corrected chi connectivity index (χ4v) is 7.31. The molecule has 0 unspecified atom stereocenters. The van der Waals surface area contributed by atoms with Crippen molar-refractivity contribution in [3.05, 3.63) is 126 Å². The zero-order valence-electron chi connectivity index (χ0n) is 21.4. The van der Waals surface area contributed by atoms with Gasteiger partial charge < -0.3 is 4.40 Å². The van der Waals surface area contributed by atoms with Crippen molar-refractivity contribution in [1.82, 2.24) is 4.40 Å². The van der Waals surface area contributed by atoms with Crippen LogP contribution < -0.4 is 0 Å². The fourth-order valence-electron chi connectivity index (χ4n) is 7.31. The summed E-state index contributed by atoms with van der Waals surface area (Å²) in [5, 5.41) is 7.96. The number of para-hydroxylation sites is 1. The molecule has 178 valence electrons. The van der Waals surface area contributed by atoms with Crippen LogP contribution in [0.15, 0.2) is 115 Å². The standard InChI is InChI=1S/C37H25N/c1-37(2)31-13-6-5-10-26(31)27-17-14-24(21-32(27)37)23-16-18-33-30(20-23)28-11-7-12-29-35-25-9-4-3-8-22(25)15-19-34(35)38(33)36(28)29/h3-21H,1-2H3. The lowest BCUT2D eigenvalue weighted by atomic mass is 9.81. The topological polar surface area (TPSA) is 4.41 Å². The van der Waals surface area contributed by atoms with E-state index in [9.17, 15) is 0 Å². The van der Waals surface area contributed by atoms with E-state index in [1.165, 1.54) is 82.2 Å². The molecule has 2 aromatic heterocycles. The molecule has 1 nitrogen and oxygen atoms in total. The molecule has 0 aliphatic heterocycles. The maximum atomic E-state index is 2.48. The number of benzene rings is 6. The number of hydrogen-bond acceptors (Lipinski definition) is 0. The van der Waals surface area contributed by atoms with Gasteiger partial charge in [-0.3, -0.25) is 0 Å². The molecule has 1 aliphatic rings. The number of aromatic nitrogens is 1. The molecular formula is C37H25N. The Kier molecular flexibility index (Phi) is 3.67. The Labute approximate surface area is 220 Å². The molecule has 0 N–H and O–H groups in total. The first-order valence-corrected chi connectivity index (χ1v) is 13.5. The molecular weight excluding hydrogens is 458 g/mol. The molecule has 1 aliphatic carbocycles. The Morgan fingerprint density at radius 1 is 0.500 bits per heavy atom. The lowest BCUT2D eigenvalue weighted by Crippen LogP contribution is -2.14. The summed E-state index contributed by atoms with van der Waals surface area (Å²) in [6, 6.07) is 43.1. The maximum Gasteiger partial charge on any atom is 0.0620 e. The third-order valence-electron chi connectivity index (χ3n) is 9.12. The highest BCUT2D eigenvalue weighted by Gasteiger charge is 2.35. The van der Waals surface area contributed by atoms with Gasteiger partial charge in [-0.25, -0.2) is 0 Å². The average molecular weight is 484 g/mol. The van der Waals surface area contributed by atoms with Gasteiger partial charge in [-0.05, 0) is 68.4 Å². The summed E-state index contributed by atoms with van der Waals surface area (Å²) in [4.78, 5) is 0. The first-order valence-electron chi connectivity index (χ1n) is 13.5. The van der Waals surface area contributed by atoms with Gasteiger partial charge in [-0.2, -0.15) is 0 Å². The molecule has 0 saturated heterocycles. The molecule has 2 heterocycles. The summed E-state index contributed by atoms with van der Waals surface area (Å²) < 4.78 is 2.48. The van der Waals surface area contributed by atoms with Crippen molar-refractivity contribution in [2.24, 2.45) is 0 Å². The Balaban J connectivity index is 1.30. The van der Waals surface area contributed by atoms with E-state index in [-0.39, 0.29) is 5.41 Å². The van der Waals surface area contributed by atoms with Crippen molar-refractivity contribution < 1.29 is 0 Å². The molecule has 6 aromatic carbocycles. The van der Waals surface area contributed by atoms with Crippen LogP contribution >= 0.6 is 0 Å². The Morgan fingerprint density at radius 2 is 1.21 bits per heavy atom. The molecule has 0 bridgehead atoms. The zero-order chi connectivity index (χ0) is 25.2. The average Bonchev–Trinajstić information content (AvgIpc) is 3.56. The quantitative estimate of drug-likeness (QED) is 0.219. The van der Waals surface area contributed by atoms with Crippen LogP contribution in [-0.4, -0.2) is 4.40 Å². The summed E-state index contributed by atoms with van der Waals surface area (Å²) in [6.45, 7) is 4.71. The molecule has 0 radical (unpaired) electrons. The monoisotopic (exact) mass is 483 g/mol. The lowest BCUT2D eigenvalue weighted by molar-refractivity contribution is 0.660. The van der Waals surface area contributed by atoms with Crippen molar-refractivity contribution >= 4 is 48.9 Å². The van der Waals surface area contributed by atoms with Crippen molar-refractivity contribution in [3.63, 3.8) is 0 Å². The second-order valence-electron chi connectivity index (χ2n) is 11.4. The van der Waals surface area contributed by atoms with Crippen molar-refractivity contribution in [2.45, 2.75) is 19.3 Å². The second kappa shape index (κ2) is 6.82. The smallest absolute Gasteiger partial charge is 0.0620 e. The van der Waals surface area contributed by atoms with Gasteiger partial charge >= 0.3 is 0 Å². The highest BCUT2D eigenvalue weighted by Crippen LogP contribution is 2.50. The largest absolute Gasteiger partial charge is 0.308 e. The van der Waals surface area contributed by atoms with Gasteiger partial charge in [0.25, 0.3) is 0 Å². The van der Waals surface area contributed by atoms with Gasteiger partial charge in [0.2, 0.25) is 0 Å². The molecule has 0 atom stereocenters. The highest BCUT2D eigenvalue weighted by atomic mass is 14.9. The predicted molar refractivity (Wildman–Crippen MR) is 162 cm³/mol. The molecule has 1 heteroatoms. The maximum absolute atomic E-state index is 2.48. The third kappa shape index (κ3) is 2.38. The molecule has 0 saturated carbocycles. The van der Waals surface area contributed by atoms with Crippen LogP contribution in [0.25, 0.3) is 71.1 Å². The predicted octanol–water partition coefficient (Wildman–Crippen LogP) is 9.96. The minimum absolute atomic E-state index is 0.00425. The molecule has 9 rings (SSSR count). The van der Waals surface area contributed by atoms with E-state index in [0.29, 0.717) is 0 Å². The summed E-state index contributed by atoms with van der Waals surface area (Å²) in [5.74, 6) is 0. The van der Waals surface area contributed by atoms with E-state index in [4.69, 9.17) is 0 Å². The Bertz CT molecular complexity index is 2260. The van der Waals surface area contributed by atoms with E-state index in [1.54, 1.807) is 0 Å². The minimum atomic E-state index is 0.00425. The first-order chi connectivity index (χ1) is 18.6. The van der Waals surface area contributed by atoms with E-state index in [1.807, 2.05) is 0 Å². The third-order valence-corrected chi connectivity index (χ3v) is 9.12. The molecule has 8 aromatic rings. The highest BCUT2D eigenvalue weighted by molar-refractivity contribution is 6.28. The van der Waals surface area contributed by atoms with Crippen LogP contribution in [0.1, 0.15) is 25.0 Å². The summed E-state index contributed by atoms with van der Waals surface area (Å²) in [5.41, 5.74) is 12.0. The Morgan fingerprint density at radius 3 is 2.16 bits per heavy atom. The van der Waals surface area contributed by atoms with Crippen LogP contribution in [0.4, 0.5) is 0 Å². The van der Waals surface area contributed by atoms with Crippen molar-refractivity contribution in [3.8, 4) is 22.3 Å². The van der Waals surface area contributed by atoms with Crippen LogP contribution in [0.2, 0.25) is 0 Å². The first kappa shape index (κ1) is 20.4. The van der Waals surface area contributed by atoms with E-state index in [0.717, 1.165) is 0 Å². The summed E-state index contributed by atoms with van der Waals surface area (Å²) >= 11 is 0. The fraction of sp³-hybridized carbons (Fsp3) is 0.0811. The van der Waals surface area contributed by atoms with Crippen LogP contribution in [-0.2, 0) is 5.41 Å². The van der Waals surface area contributed by atoms with Gasteiger partial charge in [0.1, 0.15) is 0 Å². The summed E-state index contributed by atoms with van der Waals surface area (Å²) in [6.07, 6.45) is 0. The second-order valence-corrected chi connectivity index (χ2v) is 11.4. The van der Waals surface area contributed by atoms with Crippen molar-refractivity contribution in [1.29, 1.82) is 0 Å². The Hall–Kier alpha value is -4.62. The van der Waals surface area contributed by atoms with E-state index >= 15 is 0 Å². The molecule has 38 heavy (non-hydrogen) atoms. The SMILES string of the molecule is CC1(C)c2ccccc2-c2ccc(-c3ccc4c(c3)c3cccc5c6c7ccccc7ccc6n4c35)cc21. The number of fused-ring (bicyclic) bond motifs is 11. The van der Waals surface area contributed by atoms with Gasteiger partial charge in [-0.1, -0.05) is 105 Å². The van der Waals surface area contributed by atoms with Gasteiger partial charge in [0.15, 0.2) is 0 Å². The van der Waals surface area contributed by atoms with Crippen molar-refractivity contribution in [2.75, 3.05) is 0 Å². The van der Waals surface area contributed by atoms with Gasteiger partial charge in [0, 0.05) is 27.0 Å². The van der Waals surface area contributed by atoms with Gasteiger partial charge in [-0.15, -0.1) is 0 Å². The molecule has 0 fully saturated rings. The molecule has 0 amide bonds. The molecule has 0 spiro atoms. The number of hydrogen-bond donors (Lipinski definition) is 0. The van der Waals surface area contributed by atoms with Crippen LogP contribution in [0, 0.1) is 0 Å². The van der Waals surface area contributed by atoms with E-state index in [2.05, 4.69) is 134 Å². The van der Waals surface area contributed by atoms with Crippen LogP contribution in [0.5, 0.6) is 0 Å².